The number of hydrogen-bond donors (Lipinski definition) is 2. The minimum absolute atomic E-state index is 0.0390. The van der Waals surface area contributed by atoms with Crippen molar-refractivity contribution in [2.45, 2.75) is 57.2 Å². The van der Waals surface area contributed by atoms with Gasteiger partial charge >= 0.3 is 12.0 Å². The van der Waals surface area contributed by atoms with E-state index < -0.39 is 5.97 Å². The number of nitrogens with zero attached hydrogens (tertiary/aromatic N) is 1. The molecule has 1 aromatic carbocycles. The smallest absolute Gasteiger partial charge is 0.317 e. The Labute approximate surface area is 149 Å². The first kappa shape index (κ1) is 19.2. The molecule has 1 atom stereocenters. The molecule has 0 heterocycles. The molecule has 2 N–H and O–H groups in total. The first-order chi connectivity index (χ1) is 12.0. The Balaban J connectivity index is 1.88. The molecule has 1 fully saturated rings. The number of carboxylic acids is 1. The molecule has 2 rings (SSSR count). The lowest BCUT2D eigenvalue weighted by atomic mass is 9.88. The van der Waals surface area contributed by atoms with Crippen LogP contribution in [0.25, 0.3) is 0 Å². The number of carboxylic acid groups (broad SMARTS) is 1. The number of hydrogen-bond acceptors (Lipinski definition) is 3. The largest absolute Gasteiger partial charge is 0.481 e. The molecule has 1 aliphatic carbocycles. The van der Waals surface area contributed by atoms with Crippen LogP contribution >= 0.6 is 0 Å². The summed E-state index contributed by atoms with van der Waals surface area (Å²) in [6, 6.07) is 9.65. The Morgan fingerprint density at radius 1 is 1.32 bits per heavy atom. The Morgan fingerprint density at radius 2 is 2.00 bits per heavy atom. The number of carbonyl (C=O) groups is 2. The average Bonchev–Trinajstić information content (AvgIpc) is 2.55. The van der Waals surface area contributed by atoms with E-state index in [1.165, 1.54) is 0 Å². The summed E-state index contributed by atoms with van der Waals surface area (Å²) < 4.78 is 5.54. The van der Waals surface area contributed by atoms with Gasteiger partial charge in [0.25, 0.3) is 0 Å². The maximum absolute atomic E-state index is 12.5. The third-order valence-corrected chi connectivity index (χ3v) is 4.70. The predicted molar refractivity (Wildman–Crippen MR) is 95.5 cm³/mol. The highest BCUT2D eigenvalue weighted by Crippen LogP contribution is 2.27. The van der Waals surface area contributed by atoms with E-state index in [4.69, 9.17) is 9.84 Å². The molecule has 1 unspecified atom stereocenters. The normalized spacial score (nSPS) is 20.4. The Bertz CT molecular complexity index is 558. The second kappa shape index (κ2) is 9.42. The highest BCUT2D eigenvalue weighted by molar-refractivity contribution is 5.75. The van der Waals surface area contributed by atoms with E-state index in [1.807, 2.05) is 37.3 Å². The first-order valence-electron chi connectivity index (χ1n) is 8.90. The summed E-state index contributed by atoms with van der Waals surface area (Å²) in [5.41, 5.74) is 1.08. The van der Waals surface area contributed by atoms with Crippen LogP contribution in [0.5, 0.6) is 0 Å². The van der Waals surface area contributed by atoms with Crippen LogP contribution in [-0.2, 0) is 16.0 Å². The van der Waals surface area contributed by atoms with Crippen molar-refractivity contribution in [3.63, 3.8) is 0 Å². The lowest BCUT2D eigenvalue weighted by molar-refractivity contribution is -0.137. The second-order valence-electron chi connectivity index (χ2n) is 6.58. The first-order valence-corrected chi connectivity index (χ1v) is 8.90. The van der Waals surface area contributed by atoms with Gasteiger partial charge in [-0.3, -0.25) is 4.79 Å². The van der Waals surface area contributed by atoms with Gasteiger partial charge in [0.05, 0.1) is 6.10 Å². The van der Waals surface area contributed by atoms with Gasteiger partial charge in [0.2, 0.25) is 0 Å². The summed E-state index contributed by atoms with van der Waals surface area (Å²) in [5, 5.41) is 11.9. The molecule has 25 heavy (non-hydrogen) atoms. The van der Waals surface area contributed by atoms with Crippen LogP contribution < -0.4 is 5.32 Å². The zero-order chi connectivity index (χ0) is 18.2. The number of amides is 2. The van der Waals surface area contributed by atoms with Gasteiger partial charge < -0.3 is 20.1 Å². The molecule has 0 aromatic heterocycles. The maximum atomic E-state index is 12.5. The van der Waals surface area contributed by atoms with Gasteiger partial charge in [0.15, 0.2) is 0 Å². The summed E-state index contributed by atoms with van der Waals surface area (Å²) in [4.78, 5) is 25.1. The lowest BCUT2D eigenvalue weighted by Crippen LogP contribution is -2.53. The van der Waals surface area contributed by atoms with Crippen LogP contribution in [0.2, 0.25) is 0 Å². The van der Waals surface area contributed by atoms with Gasteiger partial charge in [-0.1, -0.05) is 30.3 Å². The van der Waals surface area contributed by atoms with E-state index >= 15 is 0 Å². The Kier molecular flexibility index (Phi) is 7.25. The maximum Gasteiger partial charge on any atom is 0.317 e. The fourth-order valence-corrected chi connectivity index (χ4v) is 3.09. The van der Waals surface area contributed by atoms with E-state index in [2.05, 4.69) is 5.32 Å². The third-order valence-electron chi connectivity index (χ3n) is 4.70. The molecule has 1 aromatic rings. The number of urea groups is 1. The topological polar surface area (TPSA) is 78.9 Å². The van der Waals surface area contributed by atoms with E-state index in [0.717, 1.165) is 18.4 Å². The van der Waals surface area contributed by atoms with Crippen LogP contribution in [-0.4, -0.2) is 53.8 Å². The van der Waals surface area contributed by atoms with Crippen molar-refractivity contribution in [2.75, 3.05) is 13.7 Å². The van der Waals surface area contributed by atoms with Crippen molar-refractivity contribution in [3.05, 3.63) is 35.9 Å². The number of nitrogens with one attached hydrogen (secondary N) is 1. The van der Waals surface area contributed by atoms with Gasteiger partial charge in [-0.25, -0.2) is 4.79 Å². The molecule has 0 saturated heterocycles. The quantitative estimate of drug-likeness (QED) is 0.719. The van der Waals surface area contributed by atoms with Crippen molar-refractivity contribution < 1.29 is 19.4 Å². The highest BCUT2D eigenvalue weighted by atomic mass is 16.5. The lowest BCUT2D eigenvalue weighted by Gasteiger charge is -2.41. The van der Waals surface area contributed by atoms with Gasteiger partial charge in [-0.15, -0.1) is 0 Å². The van der Waals surface area contributed by atoms with Crippen LogP contribution in [0.15, 0.2) is 30.3 Å². The average molecular weight is 348 g/mol. The van der Waals surface area contributed by atoms with E-state index in [-0.39, 0.29) is 30.6 Å². The predicted octanol–water partition coefficient (Wildman–Crippen LogP) is 2.67. The van der Waals surface area contributed by atoms with Crippen molar-refractivity contribution in [1.82, 2.24) is 10.2 Å². The number of carbonyl (C=O) groups excluding carboxylic acids is 1. The minimum atomic E-state index is -0.848. The number of benzene rings is 1. The number of ether oxygens (including phenoxy) is 1. The van der Waals surface area contributed by atoms with E-state index in [0.29, 0.717) is 19.4 Å². The molecule has 0 radical (unpaired) electrons. The van der Waals surface area contributed by atoms with Crippen molar-refractivity contribution in [2.24, 2.45) is 0 Å². The molecule has 1 saturated carbocycles. The van der Waals surface area contributed by atoms with Crippen LogP contribution in [0, 0.1) is 0 Å². The van der Waals surface area contributed by atoms with E-state index in [1.54, 1.807) is 11.9 Å². The second-order valence-corrected chi connectivity index (χ2v) is 6.58. The van der Waals surface area contributed by atoms with Crippen molar-refractivity contribution >= 4 is 12.0 Å². The highest BCUT2D eigenvalue weighted by Gasteiger charge is 2.35. The molecule has 1 aliphatic rings. The van der Waals surface area contributed by atoms with Crippen LogP contribution in [0.3, 0.4) is 0 Å². The molecule has 0 spiro atoms. The van der Waals surface area contributed by atoms with Gasteiger partial charge in [0.1, 0.15) is 0 Å². The molecule has 6 heteroatoms. The third kappa shape index (κ3) is 6.05. The van der Waals surface area contributed by atoms with Gasteiger partial charge in [0, 0.05) is 32.2 Å². The summed E-state index contributed by atoms with van der Waals surface area (Å²) in [7, 11) is 1.79. The fraction of sp³-hybridized carbons (Fsp3) is 0.579. The Hall–Kier alpha value is -2.08. The van der Waals surface area contributed by atoms with Gasteiger partial charge in [-0.2, -0.15) is 0 Å². The van der Waals surface area contributed by atoms with Crippen LogP contribution in [0.4, 0.5) is 4.79 Å². The zero-order valence-corrected chi connectivity index (χ0v) is 15.0. The van der Waals surface area contributed by atoms with Gasteiger partial charge in [-0.05, 0) is 38.2 Å². The molecule has 0 aliphatic heterocycles. The molecular weight excluding hydrogens is 320 g/mol. The fourth-order valence-electron chi connectivity index (χ4n) is 3.09. The van der Waals surface area contributed by atoms with E-state index in [9.17, 15) is 9.59 Å². The standard InChI is InChI=1S/C19H28N2O4/c1-3-25-17-12-16(13-17)21(2)19(24)20-15(9-10-18(22)23)11-14-7-5-4-6-8-14/h4-8,15-17H,3,9-13H2,1-2H3,(H,20,24)(H,22,23). The number of rotatable bonds is 9. The monoisotopic (exact) mass is 348 g/mol. The van der Waals surface area contributed by atoms with Crippen molar-refractivity contribution in [1.29, 1.82) is 0 Å². The van der Waals surface area contributed by atoms with Crippen LogP contribution in [0.1, 0.15) is 38.2 Å². The van der Waals surface area contributed by atoms with Crippen molar-refractivity contribution in [3.8, 4) is 0 Å². The molecule has 0 bridgehead atoms. The minimum Gasteiger partial charge on any atom is -0.481 e. The molecular formula is C19H28N2O4. The number of aliphatic carboxylic acids is 1. The molecule has 6 nitrogen and oxygen atoms in total. The summed E-state index contributed by atoms with van der Waals surface area (Å²) in [5.74, 6) is -0.848. The summed E-state index contributed by atoms with van der Waals surface area (Å²) in [6.45, 7) is 2.67. The molecule has 138 valence electrons. The molecule has 2 amide bonds. The SMILES string of the molecule is CCOC1CC(N(C)C(=O)NC(CCC(=O)O)Cc2ccccc2)C1. The Morgan fingerprint density at radius 3 is 2.60 bits per heavy atom. The summed E-state index contributed by atoms with van der Waals surface area (Å²) >= 11 is 0. The summed E-state index contributed by atoms with van der Waals surface area (Å²) in [6.07, 6.45) is 3.04. The zero-order valence-electron chi connectivity index (χ0n) is 15.0.